The maximum Gasteiger partial charge on any atom is 0.220 e. The molecule has 0 aliphatic heterocycles. The Morgan fingerprint density at radius 3 is 2.86 bits per heavy atom. The SMILES string of the molecule is O=C(CCc1cccc(O)c1)NCCNc1cccnn1. The highest BCUT2D eigenvalue weighted by Gasteiger charge is 2.02. The van der Waals surface area contributed by atoms with E-state index < -0.39 is 0 Å². The van der Waals surface area contributed by atoms with E-state index in [0.29, 0.717) is 31.7 Å². The first-order chi connectivity index (χ1) is 10.2. The standard InChI is InChI=1S/C15H18N4O2/c20-13-4-1-3-12(11-13)6-7-15(21)17-10-9-16-14-5-2-8-18-19-14/h1-5,8,11,20H,6-7,9-10H2,(H,16,19)(H,17,21). The van der Waals surface area contributed by atoms with Crippen molar-refractivity contribution < 1.29 is 9.90 Å². The number of benzene rings is 1. The number of rotatable bonds is 7. The lowest BCUT2D eigenvalue weighted by Crippen LogP contribution is -2.29. The summed E-state index contributed by atoms with van der Waals surface area (Å²) in [6.07, 6.45) is 2.61. The molecule has 21 heavy (non-hydrogen) atoms. The summed E-state index contributed by atoms with van der Waals surface area (Å²) in [4.78, 5) is 11.7. The minimum atomic E-state index is -0.0145. The van der Waals surface area contributed by atoms with Gasteiger partial charge in [0.15, 0.2) is 0 Å². The molecule has 0 fully saturated rings. The lowest BCUT2D eigenvalue weighted by atomic mass is 10.1. The second-order valence-electron chi connectivity index (χ2n) is 4.56. The molecule has 0 saturated heterocycles. The van der Waals surface area contributed by atoms with Crippen molar-refractivity contribution in [2.24, 2.45) is 0 Å². The number of aromatic hydroxyl groups is 1. The van der Waals surface area contributed by atoms with Crippen LogP contribution in [-0.2, 0) is 11.2 Å². The van der Waals surface area contributed by atoms with Crippen LogP contribution in [0.2, 0.25) is 0 Å². The largest absolute Gasteiger partial charge is 0.508 e. The van der Waals surface area contributed by atoms with Crippen molar-refractivity contribution in [3.8, 4) is 5.75 Å². The first kappa shape index (κ1) is 14.8. The number of nitrogens with one attached hydrogen (secondary N) is 2. The molecular weight excluding hydrogens is 268 g/mol. The number of hydrogen-bond acceptors (Lipinski definition) is 5. The van der Waals surface area contributed by atoms with Crippen molar-refractivity contribution in [2.45, 2.75) is 12.8 Å². The van der Waals surface area contributed by atoms with Gasteiger partial charge in [0.05, 0.1) is 0 Å². The Balaban J connectivity index is 1.62. The van der Waals surface area contributed by atoms with Gasteiger partial charge in [-0.15, -0.1) is 5.10 Å². The van der Waals surface area contributed by atoms with Crippen LogP contribution in [0.3, 0.4) is 0 Å². The number of phenols is 1. The number of aryl methyl sites for hydroxylation is 1. The van der Waals surface area contributed by atoms with Crippen LogP contribution in [0.4, 0.5) is 5.82 Å². The maximum atomic E-state index is 11.7. The van der Waals surface area contributed by atoms with Gasteiger partial charge in [0, 0.05) is 25.7 Å². The number of carbonyl (C=O) groups is 1. The summed E-state index contributed by atoms with van der Waals surface area (Å²) in [5.41, 5.74) is 0.947. The van der Waals surface area contributed by atoms with Gasteiger partial charge in [0.25, 0.3) is 0 Å². The van der Waals surface area contributed by atoms with E-state index in [1.165, 1.54) is 0 Å². The third-order valence-corrected chi connectivity index (χ3v) is 2.88. The van der Waals surface area contributed by atoms with E-state index in [9.17, 15) is 9.90 Å². The van der Waals surface area contributed by atoms with Crippen LogP contribution in [0.1, 0.15) is 12.0 Å². The number of hydrogen-bond donors (Lipinski definition) is 3. The Labute approximate surface area is 123 Å². The molecule has 0 aliphatic carbocycles. The number of phenolic OH excluding ortho intramolecular Hbond substituents is 1. The number of amides is 1. The minimum absolute atomic E-state index is 0.0145. The molecule has 110 valence electrons. The summed E-state index contributed by atoms with van der Waals surface area (Å²) < 4.78 is 0. The zero-order valence-corrected chi connectivity index (χ0v) is 11.6. The van der Waals surface area contributed by atoms with Crippen molar-refractivity contribution in [1.29, 1.82) is 0 Å². The molecule has 0 radical (unpaired) electrons. The smallest absolute Gasteiger partial charge is 0.220 e. The normalized spacial score (nSPS) is 10.1. The fraction of sp³-hybridized carbons (Fsp3) is 0.267. The molecule has 1 heterocycles. The summed E-state index contributed by atoms with van der Waals surface area (Å²) in [6.45, 7) is 1.12. The van der Waals surface area contributed by atoms with Crippen molar-refractivity contribution in [3.63, 3.8) is 0 Å². The van der Waals surface area contributed by atoms with Crippen LogP contribution >= 0.6 is 0 Å². The molecule has 1 aromatic carbocycles. The van der Waals surface area contributed by atoms with E-state index in [1.54, 1.807) is 30.5 Å². The molecule has 1 aromatic heterocycles. The van der Waals surface area contributed by atoms with Gasteiger partial charge in [0.1, 0.15) is 11.6 Å². The molecule has 6 nitrogen and oxygen atoms in total. The van der Waals surface area contributed by atoms with Crippen molar-refractivity contribution in [2.75, 3.05) is 18.4 Å². The zero-order valence-electron chi connectivity index (χ0n) is 11.6. The van der Waals surface area contributed by atoms with E-state index in [4.69, 9.17) is 0 Å². The highest BCUT2D eigenvalue weighted by molar-refractivity contribution is 5.76. The van der Waals surface area contributed by atoms with Gasteiger partial charge in [-0.2, -0.15) is 5.10 Å². The van der Waals surface area contributed by atoms with Crippen LogP contribution in [0.15, 0.2) is 42.6 Å². The highest BCUT2D eigenvalue weighted by Crippen LogP contribution is 2.12. The predicted molar refractivity (Wildman–Crippen MR) is 80.0 cm³/mol. The van der Waals surface area contributed by atoms with E-state index in [2.05, 4.69) is 20.8 Å². The van der Waals surface area contributed by atoms with Crippen LogP contribution in [-0.4, -0.2) is 34.3 Å². The van der Waals surface area contributed by atoms with Crippen LogP contribution in [0, 0.1) is 0 Å². The number of aromatic nitrogens is 2. The highest BCUT2D eigenvalue weighted by atomic mass is 16.3. The Morgan fingerprint density at radius 2 is 2.10 bits per heavy atom. The monoisotopic (exact) mass is 286 g/mol. The molecule has 0 unspecified atom stereocenters. The number of carbonyl (C=O) groups excluding carboxylic acids is 1. The summed E-state index contributed by atoms with van der Waals surface area (Å²) in [6, 6.07) is 10.6. The molecule has 0 saturated carbocycles. The zero-order chi connectivity index (χ0) is 14.9. The van der Waals surface area contributed by atoms with Gasteiger partial charge < -0.3 is 15.7 Å². The lowest BCUT2D eigenvalue weighted by molar-refractivity contribution is -0.120. The molecule has 0 bridgehead atoms. The van der Waals surface area contributed by atoms with Crippen molar-refractivity contribution in [1.82, 2.24) is 15.5 Å². The summed E-state index contributed by atoms with van der Waals surface area (Å²) in [7, 11) is 0. The Hall–Kier alpha value is -2.63. The van der Waals surface area contributed by atoms with Gasteiger partial charge in [-0.05, 0) is 36.2 Å². The second kappa shape index (κ2) is 7.84. The average molecular weight is 286 g/mol. The Bertz CT molecular complexity index is 575. The molecule has 0 atom stereocenters. The molecule has 3 N–H and O–H groups in total. The second-order valence-corrected chi connectivity index (χ2v) is 4.56. The topological polar surface area (TPSA) is 87.1 Å². The fourth-order valence-electron chi connectivity index (χ4n) is 1.85. The number of nitrogens with zero attached hydrogens (tertiary/aromatic N) is 2. The third kappa shape index (κ3) is 5.48. The minimum Gasteiger partial charge on any atom is -0.508 e. The predicted octanol–water partition coefficient (Wildman–Crippen LogP) is 1.34. The first-order valence-corrected chi connectivity index (χ1v) is 6.80. The van der Waals surface area contributed by atoms with Crippen LogP contribution < -0.4 is 10.6 Å². The first-order valence-electron chi connectivity index (χ1n) is 6.80. The van der Waals surface area contributed by atoms with Gasteiger partial charge >= 0.3 is 0 Å². The molecule has 2 rings (SSSR count). The van der Waals surface area contributed by atoms with Crippen molar-refractivity contribution in [3.05, 3.63) is 48.2 Å². The van der Waals surface area contributed by atoms with Crippen molar-refractivity contribution >= 4 is 11.7 Å². The van der Waals surface area contributed by atoms with E-state index >= 15 is 0 Å². The average Bonchev–Trinajstić information content (AvgIpc) is 2.51. The van der Waals surface area contributed by atoms with Gasteiger partial charge in [-0.3, -0.25) is 4.79 Å². The summed E-state index contributed by atoms with van der Waals surface area (Å²) in [5.74, 6) is 0.895. The fourth-order valence-corrected chi connectivity index (χ4v) is 1.85. The molecule has 2 aromatic rings. The Kier molecular flexibility index (Phi) is 5.51. The van der Waals surface area contributed by atoms with Gasteiger partial charge in [-0.25, -0.2) is 0 Å². The molecule has 6 heteroatoms. The molecular formula is C15H18N4O2. The molecule has 1 amide bonds. The Morgan fingerprint density at radius 1 is 1.19 bits per heavy atom. The lowest BCUT2D eigenvalue weighted by Gasteiger charge is -2.07. The molecule has 0 spiro atoms. The van der Waals surface area contributed by atoms with Crippen LogP contribution in [0.25, 0.3) is 0 Å². The third-order valence-electron chi connectivity index (χ3n) is 2.88. The van der Waals surface area contributed by atoms with E-state index in [1.807, 2.05) is 12.1 Å². The van der Waals surface area contributed by atoms with E-state index in [0.717, 1.165) is 5.56 Å². The maximum absolute atomic E-state index is 11.7. The van der Waals surface area contributed by atoms with Crippen LogP contribution in [0.5, 0.6) is 5.75 Å². The van der Waals surface area contributed by atoms with E-state index in [-0.39, 0.29) is 11.7 Å². The van der Waals surface area contributed by atoms with Gasteiger partial charge in [0.2, 0.25) is 5.91 Å². The quantitative estimate of drug-likeness (QED) is 0.669. The number of anilines is 1. The van der Waals surface area contributed by atoms with Gasteiger partial charge in [-0.1, -0.05) is 12.1 Å². The summed E-state index contributed by atoms with van der Waals surface area (Å²) >= 11 is 0. The molecule has 0 aliphatic rings. The summed E-state index contributed by atoms with van der Waals surface area (Å²) in [5, 5.41) is 22.9.